The number of nitrogens with one attached hydrogen (secondary N) is 1. The van der Waals surface area contributed by atoms with Gasteiger partial charge in [0.1, 0.15) is 17.7 Å². The predicted octanol–water partition coefficient (Wildman–Crippen LogP) is 6.45. The fraction of sp³-hybridized carbons (Fsp3) is 0.345. The largest absolute Gasteiger partial charge is 0.324 e. The number of nitrogens with zero attached hydrogens (tertiary/aromatic N) is 3. The van der Waals surface area contributed by atoms with Crippen LogP contribution in [0, 0.1) is 28.5 Å². The van der Waals surface area contributed by atoms with Gasteiger partial charge in [0.2, 0.25) is 5.91 Å². The van der Waals surface area contributed by atoms with Crippen molar-refractivity contribution in [2.45, 2.75) is 51.1 Å². The van der Waals surface area contributed by atoms with Gasteiger partial charge in [-0.3, -0.25) is 14.5 Å². The average molecular weight is 573 g/mol. The van der Waals surface area contributed by atoms with Crippen LogP contribution in [0.5, 0.6) is 0 Å². The molecular weight excluding hydrogens is 545 g/mol. The van der Waals surface area contributed by atoms with Crippen LogP contribution in [0.25, 0.3) is 0 Å². The first-order valence-electron chi connectivity index (χ1n) is 12.4. The van der Waals surface area contributed by atoms with Crippen molar-refractivity contribution in [1.82, 2.24) is 9.47 Å². The summed E-state index contributed by atoms with van der Waals surface area (Å²) in [6.07, 6.45) is 4.03. The van der Waals surface area contributed by atoms with Crippen molar-refractivity contribution in [1.29, 1.82) is 5.26 Å². The summed E-state index contributed by atoms with van der Waals surface area (Å²) in [6, 6.07) is 9.54. The summed E-state index contributed by atoms with van der Waals surface area (Å²) < 4.78 is 32.5. The van der Waals surface area contributed by atoms with Gasteiger partial charge in [-0.05, 0) is 47.2 Å². The zero-order valence-electron chi connectivity index (χ0n) is 21.9. The van der Waals surface area contributed by atoms with Crippen molar-refractivity contribution in [2.75, 3.05) is 5.32 Å². The highest BCUT2D eigenvalue weighted by Gasteiger charge is 2.55. The Labute approximate surface area is 235 Å². The second-order valence-corrected chi connectivity index (χ2v) is 11.8. The maximum Gasteiger partial charge on any atom is 0.252 e. The number of aryl methyl sites for hydroxylation is 1. The molecule has 0 bridgehead atoms. The smallest absolute Gasteiger partial charge is 0.252 e. The molecule has 0 radical (unpaired) electrons. The van der Waals surface area contributed by atoms with E-state index in [1.54, 1.807) is 19.2 Å². The first kappa shape index (κ1) is 28.6. The van der Waals surface area contributed by atoms with Gasteiger partial charge in [0, 0.05) is 47.9 Å². The van der Waals surface area contributed by atoms with Crippen LogP contribution >= 0.6 is 23.2 Å². The Hall–Kier alpha value is -3.41. The number of carbonyl (C=O) groups is 1. The zero-order chi connectivity index (χ0) is 28.6. The third kappa shape index (κ3) is 5.80. The number of amides is 1. The van der Waals surface area contributed by atoms with E-state index < -0.39 is 41.5 Å². The van der Waals surface area contributed by atoms with Crippen LogP contribution in [-0.2, 0) is 11.8 Å². The monoisotopic (exact) mass is 572 g/mol. The summed E-state index contributed by atoms with van der Waals surface area (Å²) in [5, 5.41) is 13.1. The minimum absolute atomic E-state index is 0.0858. The Kier molecular flexibility index (Phi) is 8.06. The second-order valence-electron chi connectivity index (χ2n) is 11.0. The average Bonchev–Trinajstić information content (AvgIpc) is 3.15. The zero-order valence-corrected chi connectivity index (χ0v) is 23.4. The number of pyridine rings is 1. The lowest BCUT2D eigenvalue weighted by Gasteiger charge is -2.32. The van der Waals surface area contributed by atoms with Crippen molar-refractivity contribution in [2.24, 2.45) is 12.5 Å². The molecule has 2 aromatic carbocycles. The van der Waals surface area contributed by atoms with E-state index >= 15 is 8.78 Å². The molecule has 2 heterocycles. The molecule has 1 amide bonds. The van der Waals surface area contributed by atoms with E-state index in [-0.39, 0.29) is 37.8 Å². The molecule has 1 aromatic heterocycles. The van der Waals surface area contributed by atoms with Gasteiger partial charge >= 0.3 is 0 Å². The highest BCUT2D eigenvalue weighted by Crippen LogP contribution is 2.52. The number of nitriles is 1. The highest BCUT2D eigenvalue weighted by atomic mass is 35.5. The fourth-order valence-corrected chi connectivity index (χ4v) is 5.76. The molecular formula is C29H28Cl2F2N4O2. The summed E-state index contributed by atoms with van der Waals surface area (Å²) >= 11 is 12.2. The number of likely N-dealkylation sites (tertiary alicyclic amines) is 1. The van der Waals surface area contributed by atoms with Crippen molar-refractivity contribution < 1.29 is 13.6 Å². The SMILES string of the molecule is Cn1ccc(NC(=O)[C@H]2[C@H](c3cccc(Cl)c3F)[C@H](c3ccc(Cl)cc3F)[C@H](CC(C)(C)C)N2C#N)cc1=O. The van der Waals surface area contributed by atoms with E-state index in [0.717, 1.165) is 0 Å². The van der Waals surface area contributed by atoms with Gasteiger partial charge in [0.25, 0.3) is 5.56 Å². The predicted molar refractivity (Wildman–Crippen MR) is 148 cm³/mol. The molecule has 3 aromatic rings. The molecule has 0 aliphatic carbocycles. The maximum absolute atomic E-state index is 15.6. The summed E-state index contributed by atoms with van der Waals surface area (Å²) in [7, 11) is 1.57. The Bertz CT molecular complexity index is 1510. The van der Waals surface area contributed by atoms with Gasteiger partial charge in [0.05, 0.1) is 5.02 Å². The molecule has 4 rings (SSSR count). The Balaban J connectivity index is 1.95. The lowest BCUT2D eigenvalue weighted by Crippen LogP contribution is -2.43. The quantitative estimate of drug-likeness (QED) is 0.356. The number of rotatable bonds is 5. The van der Waals surface area contributed by atoms with Crippen LogP contribution in [-0.4, -0.2) is 27.5 Å². The second kappa shape index (κ2) is 11.0. The summed E-state index contributed by atoms with van der Waals surface area (Å²) in [6.45, 7) is 5.92. The standard InChI is InChI=1S/C29H28Cl2F2N4O2/c1-29(2,3)14-22-24(18-9-8-16(30)12-21(18)32)25(19-6-5-7-20(31)26(19)33)27(37(22)15-34)28(39)35-17-10-11-36(4)23(38)13-17/h5-13,22,24-25,27H,14H2,1-4H3,(H,35,39)/t22-,24+,25+,27+/m0/s1. The van der Waals surface area contributed by atoms with Crippen LogP contribution in [0.3, 0.4) is 0 Å². The molecule has 1 fully saturated rings. The Morgan fingerprint density at radius 2 is 1.79 bits per heavy atom. The van der Waals surface area contributed by atoms with Crippen molar-refractivity contribution in [3.8, 4) is 6.19 Å². The lowest BCUT2D eigenvalue weighted by molar-refractivity contribution is -0.120. The molecule has 6 nitrogen and oxygen atoms in total. The maximum atomic E-state index is 15.6. The van der Waals surface area contributed by atoms with E-state index in [2.05, 4.69) is 11.5 Å². The van der Waals surface area contributed by atoms with Gasteiger partial charge in [-0.1, -0.05) is 62.2 Å². The Morgan fingerprint density at radius 3 is 2.41 bits per heavy atom. The molecule has 39 heavy (non-hydrogen) atoms. The first-order chi connectivity index (χ1) is 18.3. The number of halogens is 4. The molecule has 1 saturated heterocycles. The number of hydrogen-bond acceptors (Lipinski definition) is 4. The van der Waals surface area contributed by atoms with Gasteiger partial charge in [-0.15, -0.1) is 0 Å². The lowest BCUT2D eigenvalue weighted by atomic mass is 9.73. The summed E-state index contributed by atoms with van der Waals surface area (Å²) in [5.41, 5.74) is -0.167. The highest BCUT2D eigenvalue weighted by molar-refractivity contribution is 6.31. The number of aromatic nitrogens is 1. The minimum atomic E-state index is -1.24. The van der Waals surface area contributed by atoms with E-state index in [1.165, 1.54) is 52.1 Å². The third-order valence-corrected chi connectivity index (χ3v) is 7.57. The molecule has 1 N–H and O–H groups in total. The first-order valence-corrected chi connectivity index (χ1v) is 13.1. The Morgan fingerprint density at radius 1 is 1.08 bits per heavy atom. The topological polar surface area (TPSA) is 78.1 Å². The van der Waals surface area contributed by atoms with E-state index in [0.29, 0.717) is 6.42 Å². The van der Waals surface area contributed by atoms with E-state index in [4.69, 9.17) is 23.2 Å². The normalized spacial score (nSPS) is 21.1. The van der Waals surface area contributed by atoms with Crippen LogP contribution < -0.4 is 10.9 Å². The van der Waals surface area contributed by atoms with Crippen LogP contribution in [0.4, 0.5) is 14.5 Å². The molecule has 10 heteroatoms. The number of carbonyl (C=O) groups excluding carboxylic acids is 1. The van der Waals surface area contributed by atoms with Crippen LogP contribution in [0.15, 0.2) is 59.5 Å². The third-order valence-electron chi connectivity index (χ3n) is 7.04. The number of benzene rings is 2. The molecule has 1 aliphatic rings. The molecule has 0 spiro atoms. The van der Waals surface area contributed by atoms with Gasteiger partial charge in [-0.2, -0.15) is 5.26 Å². The molecule has 204 valence electrons. The van der Waals surface area contributed by atoms with Gasteiger partial charge < -0.3 is 9.88 Å². The van der Waals surface area contributed by atoms with Crippen molar-refractivity contribution >= 4 is 34.8 Å². The summed E-state index contributed by atoms with van der Waals surface area (Å²) in [5.74, 6) is -3.81. The van der Waals surface area contributed by atoms with Gasteiger partial charge in [0.15, 0.2) is 6.19 Å². The minimum Gasteiger partial charge on any atom is -0.324 e. The molecule has 1 aliphatic heterocycles. The van der Waals surface area contributed by atoms with E-state index in [1.807, 2.05) is 20.8 Å². The number of hydrogen-bond donors (Lipinski definition) is 1. The fourth-order valence-electron chi connectivity index (χ4n) is 5.42. The molecule has 0 saturated carbocycles. The molecule has 0 unspecified atom stereocenters. The van der Waals surface area contributed by atoms with Gasteiger partial charge in [-0.25, -0.2) is 8.78 Å². The summed E-state index contributed by atoms with van der Waals surface area (Å²) in [4.78, 5) is 27.4. The number of anilines is 1. The van der Waals surface area contributed by atoms with Crippen LogP contribution in [0.2, 0.25) is 10.0 Å². The molecule has 4 atom stereocenters. The van der Waals surface area contributed by atoms with Crippen LogP contribution in [0.1, 0.15) is 50.2 Å². The van der Waals surface area contributed by atoms with E-state index in [9.17, 15) is 14.9 Å². The van der Waals surface area contributed by atoms with Crippen molar-refractivity contribution in [3.05, 3.63) is 97.9 Å². The van der Waals surface area contributed by atoms with Crippen molar-refractivity contribution in [3.63, 3.8) is 0 Å².